The van der Waals surface area contributed by atoms with Crippen LogP contribution in [0.1, 0.15) is 24.8 Å². The molecular weight excluding hydrogens is 437 g/mol. The lowest BCUT2D eigenvalue weighted by atomic mass is 10.1. The second-order valence-corrected chi connectivity index (χ2v) is 6.87. The van der Waals surface area contributed by atoms with Crippen LogP contribution in [0, 0.1) is 0 Å². The van der Waals surface area contributed by atoms with E-state index in [1.54, 1.807) is 0 Å². The number of hydrogen-bond donors (Lipinski definition) is 2. The number of hydrogen-bond acceptors (Lipinski definition) is 3. The second-order valence-electron chi connectivity index (χ2n) is 6.87. The Labute approximate surface area is 176 Å². The Balaban J connectivity index is 0.00000338. The minimum Gasteiger partial charge on any atom is -0.356 e. The Kier molecular flexibility index (Phi) is 12.7. The summed E-state index contributed by atoms with van der Waals surface area (Å²) in [5.41, 5.74) is 1.40. The van der Waals surface area contributed by atoms with Crippen LogP contribution < -0.4 is 10.6 Å². The van der Waals surface area contributed by atoms with E-state index in [-0.39, 0.29) is 24.0 Å². The first-order valence-corrected chi connectivity index (χ1v) is 9.67. The fourth-order valence-electron chi connectivity index (χ4n) is 3.10. The molecule has 0 atom stereocenters. The Morgan fingerprint density at radius 3 is 2.27 bits per heavy atom. The molecule has 0 amide bonds. The summed E-state index contributed by atoms with van der Waals surface area (Å²) in [6, 6.07) is 10.6. The number of piperazine rings is 1. The van der Waals surface area contributed by atoms with Crippen LogP contribution in [-0.2, 0) is 6.42 Å². The Morgan fingerprint density at radius 2 is 1.62 bits per heavy atom. The van der Waals surface area contributed by atoms with Gasteiger partial charge in [0.05, 0.1) is 0 Å². The van der Waals surface area contributed by atoms with Gasteiger partial charge in [-0.3, -0.25) is 4.99 Å². The van der Waals surface area contributed by atoms with Crippen LogP contribution in [0.4, 0.5) is 0 Å². The molecule has 1 heterocycles. The molecule has 2 N–H and O–H groups in total. The predicted molar refractivity (Wildman–Crippen MR) is 123 cm³/mol. The van der Waals surface area contributed by atoms with Crippen LogP contribution in [0.25, 0.3) is 0 Å². The summed E-state index contributed by atoms with van der Waals surface area (Å²) in [6.07, 6.45) is 4.67. The molecule has 0 bridgehead atoms. The molecule has 2 rings (SSSR count). The Bertz CT molecular complexity index is 486. The monoisotopic (exact) mass is 473 g/mol. The lowest BCUT2D eigenvalue weighted by molar-refractivity contribution is 0.152. The maximum absolute atomic E-state index is 4.31. The van der Waals surface area contributed by atoms with Crippen molar-refractivity contribution in [3.05, 3.63) is 35.9 Å². The average molecular weight is 473 g/mol. The molecule has 0 spiro atoms. The van der Waals surface area contributed by atoms with Gasteiger partial charge in [-0.2, -0.15) is 0 Å². The van der Waals surface area contributed by atoms with Gasteiger partial charge >= 0.3 is 0 Å². The first-order chi connectivity index (χ1) is 12.3. The molecule has 0 aromatic heterocycles. The largest absolute Gasteiger partial charge is 0.356 e. The summed E-state index contributed by atoms with van der Waals surface area (Å²) in [4.78, 5) is 9.30. The molecule has 1 aliphatic heterocycles. The van der Waals surface area contributed by atoms with Crippen LogP contribution in [0.2, 0.25) is 0 Å². The van der Waals surface area contributed by atoms with E-state index in [1.165, 1.54) is 51.1 Å². The highest BCUT2D eigenvalue weighted by Gasteiger charge is 2.12. The Morgan fingerprint density at radius 1 is 0.962 bits per heavy atom. The summed E-state index contributed by atoms with van der Waals surface area (Å²) in [7, 11) is 4.05. The zero-order chi connectivity index (χ0) is 17.7. The molecule has 0 saturated carbocycles. The second kappa shape index (κ2) is 14.2. The van der Waals surface area contributed by atoms with E-state index >= 15 is 0 Å². The van der Waals surface area contributed by atoms with Crippen molar-refractivity contribution in [2.45, 2.75) is 25.7 Å². The number of unbranched alkanes of at least 4 members (excludes halogenated alkanes) is 1. The minimum absolute atomic E-state index is 0. The zero-order valence-electron chi connectivity index (χ0n) is 16.4. The van der Waals surface area contributed by atoms with Crippen molar-refractivity contribution >= 4 is 29.9 Å². The maximum atomic E-state index is 4.31. The van der Waals surface area contributed by atoms with Crippen molar-refractivity contribution in [1.29, 1.82) is 0 Å². The van der Waals surface area contributed by atoms with Crippen molar-refractivity contribution in [2.24, 2.45) is 4.99 Å². The van der Waals surface area contributed by atoms with Crippen LogP contribution in [0.5, 0.6) is 0 Å². The minimum atomic E-state index is 0. The van der Waals surface area contributed by atoms with Gasteiger partial charge in [0, 0.05) is 46.3 Å². The van der Waals surface area contributed by atoms with E-state index in [0.29, 0.717) is 0 Å². The third-order valence-corrected chi connectivity index (χ3v) is 4.79. The third kappa shape index (κ3) is 9.73. The van der Waals surface area contributed by atoms with Gasteiger partial charge in [0.25, 0.3) is 0 Å². The lowest BCUT2D eigenvalue weighted by Crippen LogP contribution is -2.44. The summed E-state index contributed by atoms with van der Waals surface area (Å²) in [6.45, 7) is 8.01. The van der Waals surface area contributed by atoms with E-state index in [1.807, 2.05) is 7.05 Å². The number of aryl methyl sites for hydroxylation is 1. The summed E-state index contributed by atoms with van der Waals surface area (Å²) >= 11 is 0. The van der Waals surface area contributed by atoms with Crippen LogP contribution in [0.15, 0.2) is 35.3 Å². The number of halogens is 1. The van der Waals surface area contributed by atoms with E-state index in [4.69, 9.17) is 0 Å². The van der Waals surface area contributed by atoms with Crippen molar-refractivity contribution in [3.8, 4) is 0 Å². The average Bonchev–Trinajstić information content (AvgIpc) is 2.65. The summed E-state index contributed by atoms with van der Waals surface area (Å²) in [5.74, 6) is 0.924. The van der Waals surface area contributed by atoms with Crippen molar-refractivity contribution in [1.82, 2.24) is 20.4 Å². The zero-order valence-corrected chi connectivity index (χ0v) is 18.7. The number of nitrogens with zero attached hydrogens (tertiary/aromatic N) is 3. The van der Waals surface area contributed by atoms with Crippen LogP contribution in [0.3, 0.4) is 0 Å². The maximum Gasteiger partial charge on any atom is 0.190 e. The number of nitrogens with one attached hydrogen (secondary N) is 2. The smallest absolute Gasteiger partial charge is 0.190 e. The number of aliphatic imine (C=N–C) groups is 1. The number of rotatable bonds is 9. The van der Waals surface area contributed by atoms with Gasteiger partial charge in [-0.1, -0.05) is 30.3 Å². The fraction of sp³-hybridized carbons (Fsp3) is 0.650. The van der Waals surface area contributed by atoms with E-state index < -0.39 is 0 Å². The quantitative estimate of drug-likeness (QED) is 0.250. The molecule has 1 aromatic carbocycles. The predicted octanol–water partition coefficient (Wildman–Crippen LogP) is 2.43. The van der Waals surface area contributed by atoms with E-state index in [2.05, 4.69) is 62.8 Å². The molecule has 1 fully saturated rings. The van der Waals surface area contributed by atoms with Gasteiger partial charge in [0.1, 0.15) is 0 Å². The van der Waals surface area contributed by atoms with Crippen molar-refractivity contribution < 1.29 is 0 Å². The molecule has 26 heavy (non-hydrogen) atoms. The molecule has 148 valence electrons. The molecule has 0 unspecified atom stereocenters. The number of guanidine groups is 1. The van der Waals surface area contributed by atoms with Gasteiger partial charge < -0.3 is 20.4 Å². The number of benzene rings is 1. The van der Waals surface area contributed by atoms with Crippen molar-refractivity contribution in [2.75, 3.05) is 59.9 Å². The first-order valence-electron chi connectivity index (χ1n) is 9.67. The van der Waals surface area contributed by atoms with Crippen molar-refractivity contribution in [3.63, 3.8) is 0 Å². The molecule has 1 aromatic rings. The van der Waals surface area contributed by atoms with E-state index in [9.17, 15) is 0 Å². The molecule has 0 radical (unpaired) electrons. The highest BCUT2D eigenvalue weighted by molar-refractivity contribution is 14.0. The fourth-order valence-corrected chi connectivity index (χ4v) is 3.10. The van der Waals surface area contributed by atoms with Crippen LogP contribution >= 0.6 is 24.0 Å². The molecule has 1 saturated heterocycles. The first kappa shape index (κ1) is 23.2. The normalized spacial score (nSPS) is 16.2. The van der Waals surface area contributed by atoms with Gasteiger partial charge in [0.2, 0.25) is 0 Å². The van der Waals surface area contributed by atoms with E-state index in [0.717, 1.165) is 31.9 Å². The standard InChI is InChI=1S/C20H35N5.HI/c1-21-20(23-13-8-11-19-9-4-3-5-10-19)22-12-6-7-14-25-17-15-24(2)16-18-25;/h3-5,9-10H,6-8,11-18H2,1-2H3,(H2,21,22,23);1H. The van der Waals surface area contributed by atoms with Gasteiger partial charge in [-0.05, 0) is 44.8 Å². The van der Waals surface area contributed by atoms with Gasteiger partial charge in [-0.15, -0.1) is 24.0 Å². The topological polar surface area (TPSA) is 42.9 Å². The SMILES string of the molecule is CN=C(NCCCCN1CCN(C)CC1)NCCCc1ccccc1.I. The van der Waals surface area contributed by atoms with Gasteiger partial charge in [0.15, 0.2) is 5.96 Å². The number of likely N-dealkylation sites (N-methyl/N-ethyl adjacent to an activating group) is 1. The lowest BCUT2D eigenvalue weighted by Gasteiger charge is -2.32. The molecule has 0 aliphatic carbocycles. The summed E-state index contributed by atoms with van der Waals surface area (Å²) in [5, 5.41) is 6.83. The molecule has 6 heteroatoms. The molecular formula is C20H36IN5. The third-order valence-electron chi connectivity index (χ3n) is 4.79. The highest BCUT2D eigenvalue weighted by Crippen LogP contribution is 2.02. The highest BCUT2D eigenvalue weighted by atomic mass is 127. The molecule has 5 nitrogen and oxygen atoms in total. The Hall–Kier alpha value is -0.860. The van der Waals surface area contributed by atoms with Gasteiger partial charge in [-0.25, -0.2) is 0 Å². The van der Waals surface area contributed by atoms with Crippen LogP contribution in [-0.4, -0.2) is 75.7 Å². The molecule has 1 aliphatic rings. The summed E-state index contributed by atoms with van der Waals surface area (Å²) < 4.78 is 0.